The Hall–Kier alpha value is -2.12. The molecule has 1 aliphatic heterocycles. The zero-order chi connectivity index (χ0) is 20.1. The summed E-state index contributed by atoms with van der Waals surface area (Å²) in [6, 6.07) is 8.72. The van der Waals surface area contributed by atoms with Crippen LogP contribution in [0.3, 0.4) is 0 Å². The topological polar surface area (TPSA) is 36.4 Å². The van der Waals surface area contributed by atoms with E-state index in [1.54, 1.807) is 18.3 Å². The molecule has 3 rings (SSSR count). The molecule has 1 aromatic carbocycles. The summed E-state index contributed by atoms with van der Waals surface area (Å²) >= 11 is 5.76. The van der Waals surface area contributed by atoms with Crippen LogP contribution in [0.15, 0.2) is 42.6 Å². The van der Waals surface area contributed by atoms with E-state index in [1.165, 1.54) is 12.1 Å². The maximum absolute atomic E-state index is 12.7. The summed E-state index contributed by atoms with van der Waals surface area (Å²) in [6.07, 6.45) is -1.61. The van der Waals surface area contributed by atoms with Gasteiger partial charge in [-0.3, -0.25) is 9.69 Å². The average molecular weight is 412 g/mol. The number of carbonyl (C=O) groups excluding carboxylic acids is 1. The minimum absolute atomic E-state index is 0.0421. The van der Waals surface area contributed by atoms with Gasteiger partial charge in [0.2, 0.25) is 5.91 Å². The van der Waals surface area contributed by atoms with Crippen LogP contribution in [0.5, 0.6) is 0 Å². The third-order valence-corrected chi connectivity index (χ3v) is 5.00. The van der Waals surface area contributed by atoms with Crippen molar-refractivity contribution in [2.75, 3.05) is 26.2 Å². The third-order valence-electron chi connectivity index (χ3n) is 4.77. The van der Waals surface area contributed by atoms with Gasteiger partial charge in [-0.2, -0.15) is 13.2 Å². The molecule has 0 aliphatic carbocycles. The average Bonchev–Trinajstić information content (AvgIpc) is 2.89. The second kappa shape index (κ2) is 8.92. The SMILES string of the molecule is O=C(Cc1ccc(Cl)nc1)N1CCCN(Cc2ccc(C(F)(F)F)cc2)CC1. The Kier molecular flexibility index (Phi) is 6.57. The Morgan fingerprint density at radius 1 is 1.00 bits per heavy atom. The number of hydrogen-bond acceptors (Lipinski definition) is 3. The molecule has 0 spiro atoms. The highest BCUT2D eigenvalue weighted by Gasteiger charge is 2.30. The Morgan fingerprint density at radius 2 is 1.71 bits per heavy atom. The molecule has 2 aromatic rings. The van der Waals surface area contributed by atoms with Crippen LogP contribution in [0.4, 0.5) is 13.2 Å². The van der Waals surface area contributed by atoms with Crippen molar-refractivity contribution in [2.45, 2.75) is 25.6 Å². The van der Waals surface area contributed by atoms with Gasteiger partial charge >= 0.3 is 6.18 Å². The molecule has 150 valence electrons. The van der Waals surface area contributed by atoms with Crippen molar-refractivity contribution in [1.29, 1.82) is 0 Å². The summed E-state index contributed by atoms with van der Waals surface area (Å²) in [7, 11) is 0. The molecule has 2 heterocycles. The van der Waals surface area contributed by atoms with E-state index < -0.39 is 11.7 Å². The number of halogens is 4. The number of hydrogen-bond donors (Lipinski definition) is 0. The number of pyridine rings is 1. The van der Waals surface area contributed by atoms with Crippen LogP contribution < -0.4 is 0 Å². The first-order valence-corrected chi connectivity index (χ1v) is 9.46. The fraction of sp³-hybridized carbons (Fsp3) is 0.400. The zero-order valence-electron chi connectivity index (χ0n) is 15.3. The molecule has 1 aliphatic rings. The molecule has 1 saturated heterocycles. The van der Waals surface area contributed by atoms with E-state index in [9.17, 15) is 18.0 Å². The lowest BCUT2D eigenvalue weighted by Crippen LogP contribution is -2.36. The number of carbonyl (C=O) groups is 1. The first-order chi connectivity index (χ1) is 13.3. The largest absolute Gasteiger partial charge is 0.416 e. The molecule has 4 nitrogen and oxygen atoms in total. The molecule has 0 bridgehead atoms. The van der Waals surface area contributed by atoms with Gasteiger partial charge in [-0.25, -0.2) is 4.98 Å². The van der Waals surface area contributed by atoms with Crippen LogP contribution in [0.1, 0.15) is 23.1 Å². The summed E-state index contributed by atoms with van der Waals surface area (Å²) < 4.78 is 38.0. The highest BCUT2D eigenvalue weighted by molar-refractivity contribution is 6.29. The Morgan fingerprint density at radius 3 is 2.36 bits per heavy atom. The monoisotopic (exact) mass is 411 g/mol. The molecule has 1 amide bonds. The van der Waals surface area contributed by atoms with Crippen LogP contribution in [0, 0.1) is 0 Å². The Labute approximate surface area is 166 Å². The molecule has 28 heavy (non-hydrogen) atoms. The van der Waals surface area contributed by atoms with Crippen molar-refractivity contribution in [3.05, 3.63) is 64.4 Å². The van der Waals surface area contributed by atoms with Gasteiger partial charge in [-0.15, -0.1) is 0 Å². The first kappa shape index (κ1) is 20.6. The molecular formula is C20H21ClF3N3O. The van der Waals surface area contributed by atoms with Gasteiger partial charge in [0.25, 0.3) is 0 Å². The Balaban J connectivity index is 1.53. The molecular weight excluding hydrogens is 391 g/mol. The lowest BCUT2D eigenvalue weighted by Gasteiger charge is -2.22. The number of alkyl halides is 3. The summed E-state index contributed by atoms with van der Waals surface area (Å²) in [4.78, 5) is 20.5. The van der Waals surface area contributed by atoms with Gasteiger partial charge in [-0.1, -0.05) is 29.8 Å². The van der Waals surface area contributed by atoms with Gasteiger partial charge in [0.1, 0.15) is 5.15 Å². The third kappa shape index (κ3) is 5.69. The van der Waals surface area contributed by atoms with E-state index in [1.807, 2.05) is 4.90 Å². The molecule has 0 saturated carbocycles. The number of amides is 1. The van der Waals surface area contributed by atoms with Gasteiger partial charge in [0.05, 0.1) is 12.0 Å². The summed E-state index contributed by atoms with van der Waals surface area (Å²) in [6.45, 7) is 3.32. The van der Waals surface area contributed by atoms with E-state index in [4.69, 9.17) is 11.6 Å². The molecule has 0 atom stereocenters. The van der Waals surface area contributed by atoms with Crippen molar-refractivity contribution in [3.8, 4) is 0 Å². The maximum atomic E-state index is 12.7. The van der Waals surface area contributed by atoms with Gasteiger partial charge in [0, 0.05) is 38.9 Å². The van der Waals surface area contributed by atoms with Crippen LogP contribution in [0.25, 0.3) is 0 Å². The van der Waals surface area contributed by atoms with E-state index in [0.29, 0.717) is 31.3 Å². The molecule has 0 radical (unpaired) electrons. The van der Waals surface area contributed by atoms with E-state index in [2.05, 4.69) is 9.88 Å². The second-order valence-corrected chi connectivity index (χ2v) is 7.26. The molecule has 8 heteroatoms. The van der Waals surface area contributed by atoms with Crippen LogP contribution in [0.2, 0.25) is 5.15 Å². The molecule has 0 N–H and O–H groups in total. The normalized spacial score (nSPS) is 16.1. The number of aromatic nitrogens is 1. The minimum Gasteiger partial charge on any atom is -0.341 e. The highest BCUT2D eigenvalue weighted by Crippen LogP contribution is 2.29. The summed E-state index contributed by atoms with van der Waals surface area (Å²) in [5.74, 6) is 0.0421. The standard InChI is InChI=1S/C20H21ClF3N3O/c21-18-7-4-16(13-25-18)12-19(28)27-9-1-8-26(10-11-27)14-15-2-5-17(6-3-15)20(22,23)24/h2-7,13H,1,8-12,14H2. The Bertz CT molecular complexity index is 794. The van der Waals surface area contributed by atoms with E-state index >= 15 is 0 Å². The zero-order valence-corrected chi connectivity index (χ0v) is 16.0. The predicted molar refractivity (Wildman–Crippen MR) is 101 cm³/mol. The number of rotatable bonds is 4. The fourth-order valence-corrected chi connectivity index (χ4v) is 3.34. The molecule has 1 fully saturated rings. The van der Waals surface area contributed by atoms with Crippen LogP contribution >= 0.6 is 11.6 Å². The van der Waals surface area contributed by atoms with Crippen molar-refractivity contribution < 1.29 is 18.0 Å². The van der Waals surface area contributed by atoms with Crippen LogP contribution in [-0.2, 0) is 23.9 Å². The maximum Gasteiger partial charge on any atom is 0.416 e. The van der Waals surface area contributed by atoms with E-state index in [0.717, 1.165) is 36.2 Å². The second-order valence-electron chi connectivity index (χ2n) is 6.87. The van der Waals surface area contributed by atoms with Gasteiger partial charge < -0.3 is 4.90 Å². The van der Waals surface area contributed by atoms with Crippen molar-refractivity contribution in [2.24, 2.45) is 0 Å². The summed E-state index contributed by atoms with van der Waals surface area (Å²) in [5.41, 5.74) is 1.01. The smallest absolute Gasteiger partial charge is 0.341 e. The first-order valence-electron chi connectivity index (χ1n) is 9.08. The van der Waals surface area contributed by atoms with Gasteiger partial charge in [0.15, 0.2) is 0 Å². The highest BCUT2D eigenvalue weighted by atomic mass is 35.5. The molecule has 0 unspecified atom stereocenters. The van der Waals surface area contributed by atoms with Crippen LogP contribution in [-0.4, -0.2) is 46.9 Å². The van der Waals surface area contributed by atoms with Crippen molar-refractivity contribution >= 4 is 17.5 Å². The molecule has 1 aromatic heterocycles. The minimum atomic E-state index is -4.32. The van der Waals surface area contributed by atoms with Crippen molar-refractivity contribution in [3.63, 3.8) is 0 Å². The lowest BCUT2D eigenvalue weighted by molar-refractivity contribution is -0.137. The number of benzene rings is 1. The predicted octanol–water partition coefficient (Wildman–Crippen LogP) is 4.03. The van der Waals surface area contributed by atoms with E-state index in [-0.39, 0.29) is 12.3 Å². The number of nitrogens with zero attached hydrogens (tertiary/aromatic N) is 3. The summed E-state index contributed by atoms with van der Waals surface area (Å²) in [5, 5.41) is 0.393. The van der Waals surface area contributed by atoms with Crippen molar-refractivity contribution in [1.82, 2.24) is 14.8 Å². The van der Waals surface area contributed by atoms with Gasteiger partial charge in [-0.05, 0) is 35.7 Å². The fourth-order valence-electron chi connectivity index (χ4n) is 3.23. The quantitative estimate of drug-likeness (QED) is 0.713. The lowest BCUT2D eigenvalue weighted by atomic mass is 10.1.